The van der Waals surface area contributed by atoms with Gasteiger partial charge >= 0.3 is 5.92 Å². The third-order valence-corrected chi connectivity index (χ3v) is 4.05. The summed E-state index contributed by atoms with van der Waals surface area (Å²) >= 11 is 3.32. The van der Waals surface area contributed by atoms with E-state index in [2.05, 4.69) is 15.9 Å². The van der Waals surface area contributed by atoms with Gasteiger partial charge in [0.2, 0.25) is 0 Å². The van der Waals surface area contributed by atoms with Gasteiger partial charge in [0, 0.05) is 4.47 Å². The van der Waals surface area contributed by atoms with Gasteiger partial charge in [0.05, 0.1) is 6.61 Å². The molecule has 1 saturated carbocycles. The molecule has 1 saturated heterocycles. The molecule has 1 aromatic carbocycles. The largest absolute Gasteiger partial charge is 0.491 e. The first-order valence-corrected chi connectivity index (χ1v) is 6.78. The zero-order valence-electron chi connectivity index (χ0n) is 10.2. The van der Waals surface area contributed by atoms with Crippen LogP contribution in [0.25, 0.3) is 0 Å². The Hall–Kier alpha value is -0.720. The van der Waals surface area contributed by atoms with Crippen LogP contribution in [0.2, 0.25) is 0 Å². The highest BCUT2D eigenvalue weighted by Crippen LogP contribution is 2.59. The Morgan fingerprint density at radius 3 is 2.68 bits per heavy atom. The first kappa shape index (κ1) is 13.3. The van der Waals surface area contributed by atoms with Crippen LogP contribution in [0.3, 0.4) is 0 Å². The molecular formula is C13H13BrF2O3. The zero-order chi connectivity index (χ0) is 13.7. The maximum absolute atomic E-state index is 13.4. The first-order chi connectivity index (χ1) is 8.93. The number of alkyl halides is 2. The third kappa shape index (κ3) is 2.15. The molecule has 0 bridgehead atoms. The number of halogens is 3. The Labute approximate surface area is 118 Å². The fourth-order valence-corrected chi connectivity index (χ4v) is 2.53. The van der Waals surface area contributed by atoms with Crippen LogP contribution in [0.15, 0.2) is 28.7 Å². The number of hydrogen-bond acceptors (Lipinski definition) is 3. The van der Waals surface area contributed by atoms with E-state index in [0.29, 0.717) is 5.75 Å². The topological polar surface area (TPSA) is 27.7 Å². The Kier molecular flexibility index (Phi) is 3.07. The van der Waals surface area contributed by atoms with Crippen molar-refractivity contribution >= 4 is 15.9 Å². The third-order valence-electron chi connectivity index (χ3n) is 3.52. The molecule has 104 valence electrons. The van der Waals surface area contributed by atoms with Crippen LogP contribution in [-0.2, 0) is 9.47 Å². The SMILES string of the molecule is C[C@@]12O[C@@H](COc3ccc(Br)cc3)CO[C@@H]1C2(F)F. The van der Waals surface area contributed by atoms with E-state index >= 15 is 0 Å². The van der Waals surface area contributed by atoms with Gasteiger partial charge in [-0.05, 0) is 31.2 Å². The van der Waals surface area contributed by atoms with E-state index in [0.717, 1.165) is 4.47 Å². The molecule has 1 aliphatic heterocycles. The lowest BCUT2D eigenvalue weighted by molar-refractivity contribution is -0.149. The molecular weight excluding hydrogens is 322 g/mol. The van der Waals surface area contributed by atoms with Crippen molar-refractivity contribution in [2.75, 3.05) is 13.2 Å². The van der Waals surface area contributed by atoms with Crippen LogP contribution in [0, 0.1) is 0 Å². The highest BCUT2D eigenvalue weighted by Gasteiger charge is 2.83. The lowest BCUT2D eigenvalue weighted by Gasteiger charge is -2.26. The lowest BCUT2D eigenvalue weighted by Crippen LogP contribution is -2.39. The van der Waals surface area contributed by atoms with Gasteiger partial charge in [0.25, 0.3) is 0 Å². The molecule has 1 aromatic rings. The molecule has 1 aliphatic carbocycles. The second-order valence-electron chi connectivity index (χ2n) is 4.95. The molecule has 3 nitrogen and oxygen atoms in total. The number of ether oxygens (including phenoxy) is 3. The molecule has 0 radical (unpaired) electrons. The summed E-state index contributed by atoms with van der Waals surface area (Å²) in [4.78, 5) is 0. The average molecular weight is 335 g/mol. The summed E-state index contributed by atoms with van der Waals surface area (Å²) in [5.74, 6) is -2.22. The Bertz CT molecular complexity index is 479. The monoisotopic (exact) mass is 334 g/mol. The van der Waals surface area contributed by atoms with E-state index in [-0.39, 0.29) is 13.2 Å². The number of fused-ring (bicyclic) bond motifs is 1. The van der Waals surface area contributed by atoms with Crippen LogP contribution in [-0.4, -0.2) is 36.9 Å². The van der Waals surface area contributed by atoms with E-state index in [1.807, 2.05) is 12.1 Å². The fraction of sp³-hybridized carbons (Fsp3) is 0.538. The van der Waals surface area contributed by atoms with Crippen molar-refractivity contribution in [3.8, 4) is 5.75 Å². The van der Waals surface area contributed by atoms with Crippen LogP contribution < -0.4 is 4.74 Å². The van der Waals surface area contributed by atoms with Gasteiger partial charge in [-0.25, -0.2) is 8.78 Å². The highest BCUT2D eigenvalue weighted by atomic mass is 79.9. The maximum Gasteiger partial charge on any atom is 0.307 e. The van der Waals surface area contributed by atoms with Crippen LogP contribution in [0.5, 0.6) is 5.75 Å². The van der Waals surface area contributed by atoms with Crippen molar-refractivity contribution in [2.45, 2.75) is 30.7 Å². The second kappa shape index (κ2) is 4.40. The van der Waals surface area contributed by atoms with Gasteiger partial charge in [-0.15, -0.1) is 0 Å². The Morgan fingerprint density at radius 1 is 1.37 bits per heavy atom. The van der Waals surface area contributed by atoms with E-state index in [1.54, 1.807) is 12.1 Å². The highest BCUT2D eigenvalue weighted by molar-refractivity contribution is 9.10. The standard InChI is InChI=1S/C13H13BrF2O3/c1-12-11(13(12,15)16)18-7-10(19-12)6-17-9-4-2-8(14)3-5-9/h2-5,10-11H,6-7H2,1H3/t10-,11-,12+/m0/s1. The molecule has 0 spiro atoms. The van der Waals surface area contributed by atoms with E-state index in [4.69, 9.17) is 14.2 Å². The van der Waals surface area contributed by atoms with Crippen molar-refractivity contribution in [1.82, 2.24) is 0 Å². The van der Waals surface area contributed by atoms with Crippen molar-refractivity contribution < 1.29 is 23.0 Å². The first-order valence-electron chi connectivity index (χ1n) is 5.99. The van der Waals surface area contributed by atoms with Crippen molar-refractivity contribution in [2.24, 2.45) is 0 Å². The average Bonchev–Trinajstić information content (AvgIpc) is 2.82. The summed E-state index contributed by atoms with van der Waals surface area (Å²) in [6, 6.07) is 7.29. The summed E-state index contributed by atoms with van der Waals surface area (Å²) in [6.07, 6.45) is -1.58. The van der Waals surface area contributed by atoms with Gasteiger partial charge in [-0.3, -0.25) is 0 Å². The molecule has 2 aliphatic rings. The fourth-order valence-electron chi connectivity index (χ4n) is 2.26. The molecule has 0 amide bonds. The quantitative estimate of drug-likeness (QED) is 0.850. The van der Waals surface area contributed by atoms with Crippen molar-refractivity contribution in [1.29, 1.82) is 0 Å². The minimum Gasteiger partial charge on any atom is -0.491 e. The second-order valence-corrected chi connectivity index (χ2v) is 5.86. The van der Waals surface area contributed by atoms with Crippen LogP contribution in [0.1, 0.15) is 6.92 Å². The molecule has 1 heterocycles. The van der Waals surface area contributed by atoms with Gasteiger partial charge in [0.1, 0.15) is 18.5 Å². The maximum atomic E-state index is 13.4. The Balaban J connectivity index is 1.56. The minimum absolute atomic E-state index is 0.131. The van der Waals surface area contributed by atoms with Crippen LogP contribution in [0.4, 0.5) is 8.78 Å². The summed E-state index contributed by atoms with van der Waals surface area (Å²) in [6.45, 7) is 1.70. The zero-order valence-corrected chi connectivity index (χ0v) is 11.8. The summed E-state index contributed by atoms with van der Waals surface area (Å²) in [5.41, 5.74) is -1.49. The molecule has 0 unspecified atom stereocenters. The summed E-state index contributed by atoms with van der Waals surface area (Å²) in [7, 11) is 0. The molecule has 0 N–H and O–H groups in total. The van der Waals surface area contributed by atoms with Crippen molar-refractivity contribution in [3.63, 3.8) is 0 Å². The number of hydrogen-bond donors (Lipinski definition) is 0. The molecule has 3 rings (SSSR count). The smallest absolute Gasteiger partial charge is 0.307 e. The molecule has 6 heteroatoms. The summed E-state index contributed by atoms with van der Waals surface area (Å²) in [5, 5.41) is 0. The van der Waals surface area contributed by atoms with Gasteiger partial charge < -0.3 is 14.2 Å². The normalized spacial score (nSPS) is 35.6. The molecule has 3 atom stereocenters. The number of benzene rings is 1. The molecule has 19 heavy (non-hydrogen) atoms. The van der Waals surface area contributed by atoms with Gasteiger partial charge in [-0.2, -0.15) is 0 Å². The van der Waals surface area contributed by atoms with E-state index < -0.39 is 23.7 Å². The molecule has 0 aromatic heterocycles. The van der Waals surface area contributed by atoms with E-state index in [9.17, 15) is 8.78 Å². The van der Waals surface area contributed by atoms with Gasteiger partial charge in [-0.1, -0.05) is 15.9 Å². The van der Waals surface area contributed by atoms with Crippen molar-refractivity contribution in [3.05, 3.63) is 28.7 Å². The van der Waals surface area contributed by atoms with Crippen LogP contribution >= 0.6 is 15.9 Å². The van der Waals surface area contributed by atoms with E-state index in [1.165, 1.54) is 6.92 Å². The minimum atomic E-state index is -2.89. The Morgan fingerprint density at radius 2 is 2.05 bits per heavy atom. The van der Waals surface area contributed by atoms with Gasteiger partial charge in [0.15, 0.2) is 11.7 Å². The molecule has 2 fully saturated rings. The lowest BCUT2D eigenvalue weighted by atomic mass is 10.3. The summed E-state index contributed by atoms with van der Waals surface area (Å²) < 4.78 is 43.7. The predicted molar refractivity (Wildman–Crippen MR) is 67.6 cm³/mol. The predicted octanol–water partition coefficient (Wildman–Crippen LogP) is 3.02. The number of rotatable bonds is 3.